The molecule has 0 aliphatic carbocycles. The number of carboxylic acids is 1. The summed E-state index contributed by atoms with van der Waals surface area (Å²) in [5.41, 5.74) is 4.75. The van der Waals surface area contributed by atoms with Gasteiger partial charge in [0.25, 0.3) is 0 Å². The molecule has 30 heavy (non-hydrogen) atoms. The highest BCUT2D eigenvalue weighted by Gasteiger charge is 2.26. The van der Waals surface area contributed by atoms with Crippen molar-refractivity contribution in [2.75, 3.05) is 11.4 Å². The standard InChI is InChI=1S/C26H27NO3/c28-26(29)18-24-7-4-16-27(24)23-12-8-20(9-13-23)17-21-10-14-25(15-11-21)30-19-22-5-2-1-3-6-22/h1-3,5-6,8-15,24H,4,7,16-19H2,(H,28,29). The highest BCUT2D eigenvalue weighted by atomic mass is 16.5. The van der Waals surface area contributed by atoms with Crippen LogP contribution in [0.25, 0.3) is 0 Å². The molecular weight excluding hydrogens is 374 g/mol. The first-order valence-electron chi connectivity index (χ1n) is 10.5. The number of hydrogen-bond acceptors (Lipinski definition) is 3. The van der Waals surface area contributed by atoms with E-state index in [1.807, 2.05) is 30.3 Å². The van der Waals surface area contributed by atoms with Gasteiger partial charge in [-0.15, -0.1) is 0 Å². The van der Waals surface area contributed by atoms with Crippen molar-refractivity contribution >= 4 is 11.7 Å². The minimum atomic E-state index is -0.722. The molecule has 1 aliphatic heterocycles. The van der Waals surface area contributed by atoms with Crippen molar-refractivity contribution in [3.05, 3.63) is 95.6 Å². The number of aliphatic carboxylic acids is 1. The molecule has 1 saturated heterocycles. The van der Waals surface area contributed by atoms with E-state index in [2.05, 4.69) is 53.4 Å². The number of hydrogen-bond donors (Lipinski definition) is 1. The number of anilines is 1. The van der Waals surface area contributed by atoms with Crippen molar-refractivity contribution in [2.45, 2.75) is 38.3 Å². The lowest BCUT2D eigenvalue weighted by atomic mass is 10.0. The first-order valence-corrected chi connectivity index (χ1v) is 10.5. The van der Waals surface area contributed by atoms with Gasteiger partial charge in [-0.25, -0.2) is 0 Å². The Kier molecular flexibility index (Phi) is 6.33. The van der Waals surface area contributed by atoms with Crippen molar-refractivity contribution in [3.8, 4) is 5.75 Å². The van der Waals surface area contributed by atoms with Gasteiger partial charge in [-0.05, 0) is 60.2 Å². The average Bonchev–Trinajstić information content (AvgIpc) is 3.22. The Labute approximate surface area is 177 Å². The van der Waals surface area contributed by atoms with Crippen LogP contribution in [0.1, 0.15) is 36.0 Å². The number of nitrogens with zero attached hydrogens (tertiary/aromatic N) is 1. The van der Waals surface area contributed by atoms with E-state index in [0.29, 0.717) is 6.61 Å². The van der Waals surface area contributed by atoms with E-state index in [1.165, 1.54) is 11.1 Å². The number of benzene rings is 3. The van der Waals surface area contributed by atoms with E-state index >= 15 is 0 Å². The molecule has 3 aromatic carbocycles. The molecule has 1 fully saturated rings. The van der Waals surface area contributed by atoms with E-state index in [4.69, 9.17) is 9.84 Å². The Balaban J connectivity index is 1.33. The zero-order chi connectivity index (χ0) is 20.8. The summed E-state index contributed by atoms with van der Waals surface area (Å²) in [5.74, 6) is 0.149. The first-order chi connectivity index (χ1) is 14.7. The van der Waals surface area contributed by atoms with E-state index in [-0.39, 0.29) is 12.5 Å². The maximum atomic E-state index is 11.1. The van der Waals surface area contributed by atoms with Crippen LogP contribution in [0, 0.1) is 0 Å². The first kappa shape index (κ1) is 20.0. The Morgan fingerprint density at radius 3 is 2.23 bits per heavy atom. The minimum absolute atomic E-state index is 0.108. The van der Waals surface area contributed by atoms with E-state index in [9.17, 15) is 4.79 Å². The van der Waals surface area contributed by atoms with Gasteiger partial charge in [0.1, 0.15) is 12.4 Å². The summed E-state index contributed by atoms with van der Waals surface area (Å²) in [6.45, 7) is 1.50. The van der Waals surface area contributed by atoms with Crippen LogP contribution in [0.2, 0.25) is 0 Å². The fraction of sp³-hybridized carbons (Fsp3) is 0.269. The second-order valence-electron chi connectivity index (χ2n) is 7.85. The predicted molar refractivity (Wildman–Crippen MR) is 119 cm³/mol. The van der Waals surface area contributed by atoms with Crippen molar-refractivity contribution in [2.24, 2.45) is 0 Å². The summed E-state index contributed by atoms with van der Waals surface area (Å²) in [6, 6.07) is 27.0. The summed E-state index contributed by atoms with van der Waals surface area (Å²) < 4.78 is 5.86. The van der Waals surface area contributed by atoms with Gasteiger partial charge in [0, 0.05) is 18.3 Å². The van der Waals surface area contributed by atoms with Crippen LogP contribution in [0.4, 0.5) is 5.69 Å². The van der Waals surface area contributed by atoms with Crippen LogP contribution >= 0.6 is 0 Å². The van der Waals surface area contributed by atoms with Gasteiger partial charge in [0.2, 0.25) is 0 Å². The molecule has 0 bridgehead atoms. The van der Waals surface area contributed by atoms with Crippen molar-refractivity contribution in [3.63, 3.8) is 0 Å². The fourth-order valence-corrected chi connectivity index (χ4v) is 4.07. The van der Waals surface area contributed by atoms with Gasteiger partial charge < -0.3 is 14.7 Å². The molecule has 4 nitrogen and oxygen atoms in total. The minimum Gasteiger partial charge on any atom is -0.489 e. The number of carbonyl (C=O) groups is 1. The highest BCUT2D eigenvalue weighted by Crippen LogP contribution is 2.28. The maximum Gasteiger partial charge on any atom is 0.305 e. The summed E-state index contributed by atoms with van der Waals surface area (Å²) in [6.07, 6.45) is 3.07. The van der Waals surface area contributed by atoms with Gasteiger partial charge in [-0.3, -0.25) is 4.79 Å². The van der Waals surface area contributed by atoms with E-state index in [1.54, 1.807) is 0 Å². The van der Waals surface area contributed by atoms with Crippen LogP contribution in [-0.2, 0) is 17.8 Å². The molecule has 0 saturated carbocycles. The molecule has 4 rings (SSSR count). The monoisotopic (exact) mass is 401 g/mol. The van der Waals surface area contributed by atoms with Gasteiger partial charge >= 0.3 is 5.97 Å². The molecule has 0 radical (unpaired) electrons. The summed E-state index contributed by atoms with van der Waals surface area (Å²) >= 11 is 0. The molecule has 1 unspecified atom stereocenters. The molecule has 1 heterocycles. The topological polar surface area (TPSA) is 49.8 Å². The van der Waals surface area contributed by atoms with Crippen LogP contribution in [0.15, 0.2) is 78.9 Å². The Morgan fingerprint density at radius 1 is 0.900 bits per heavy atom. The molecule has 0 aromatic heterocycles. The fourth-order valence-electron chi connectivity index (χ4n) is 4.07. The van der Waals surface area contributed by atoms with Crippen molar-refractivity contribution in [1.82, 2.24) is 0 Å². The molecule has 3 aromatic rings. The Hall–Kier alpha value is -3.27. The second-order valence-corrected chi connectivity index (χ2v) is 7.85. The van der Waals surface area contributed by atoms with E-state index in [0.717, 1.165) is 42.8 Å². The number of carboxylic acid groups (broad SMARTS) is 1. The quantitative estimate of drug-likeness (QED) is 0.556. The third-order valence-corrected chi connectivity index (χ3v) is 5.64. The average molecular weight is 402 g/mol. The van der Waals surface area contributed by atoms with Crippen molar-refractivity contribution < 1.29 is 14.6 Å². The highest BCUT2D eigenvalue weighted by molar-refractivity contribution is 5.69. The zero-order valence-corrected chi connectivity index (χ0v) is 17.0. The lowest BCUT2D eigenvalue weighted by molar-refractivity contribution is -0.137. The molecular formula is C26H27NO3. The third kappa shape index (κ3) is 5.20. The molecule has 0 spiro atoms. The molecule has 1 atom stereocenters. The molecule has 1 N–H and O–H groups in total. The molecule has 0 amide bonds. The number of rotatable bonds is 8. The van der Waals surface area contributed by atoms with Crippen LogP contribution in [-0.4, -0.2) is 23.7 Å². The van der Waals surface area contributed by atoms with Crippen LogP contribution in [0.5, 0.6) is 5.75 Å². The van der Waals surface area contributed by atoms with Crippen LogP contribution < -0.4 is 9.64 Å². The smallest absolute Gasteiger partial charge is 0.305 e. The summed E-state index contributed by atoms with van der Waals surface area (Å²) in [5, 5.41) is 9.12. The van der Waals surface area contributed by atoms with E-state index < -0.39 is 5.97 Å². The second kappa shape index (κ2) is 9.49. The summed E-state index contributed by atoms with van der Waals surface area (Å²) in [4.78, 5) is 13.3. The molecule has 1 aliphatic rings. The molecule has 4 heteroatoms. The van der Waals surface area contributed by atoms with Gasteiger partial charge in [-0.2, -0.15) is 0 Å². The maximum absolute atomic E-state index is 11.1. The lowest BCUT2D eigenvalue weighted by Crippen LogP contribution is -2.31. The summed E-state index contributed by atoms with van der Waals surface area (Å²) in [7, 11) is 0. The lowest BCUT2D eigenvalue weighted by Gasteiger charge is -2.26. The normalized spacial score (nSPS) is 15.9. The molecule has 154 valence electrons. The van der Waals surface area contributed by atoms with Crippen molar-refractivity contribution in [1.29, 1.82) is 0 Å². The van der Waals surface area contributed by atoms with Gasteiger partial charge in [0.05, 0.1) is 6.42 Å². The number of ether oxygens (including phenoxy) is 1. The Morgan fingerprint density at radius 2 is 1.57 bits per heavy atom. The zero-order valence-electron chi connectivity index (χ0n) is 17.0. The SMILES string of the molecule is O=C(O)CC1CCCN1c1ccc(Cc2ccc(OCc3ccccc3)cc2)cc1. The van der Waals surface area contributed by atoms with Gasteiger partial charge in [0.15, 0.2) is 0 Å². The predicted octanol–water partition coefficient (Wildman–Crippen LogP) is 5.30. The van der Waals surface area contributed by atoms with Gasteiger partial charge in [-0.1, -0.05) is 54.6 Å². The largest absolute Gasteiger partial charge is 0.489 e. The Bertz CT molecular complexity index is 952. The third-order valence-electron chi connectivity index (χ3n) is 5.64. The van der Waals surface area contributed by atoms with Crippen LogP contribution in [0.3, 0.4) is 0 Å².